The van der Waals surface area contributed by atoms with Crippen LogP contribution in [-0.4, -0.2) is 25.3 Å². The fourth-order valence-electron chi connectivity index (χ4n) is 3.36. The zero-order valence-corrected chi connectivity index (χ0v) is 17.2. The van der Waals surface area contributed by atoms with Crippen molar-refractivity contribution >= 4 is 22.6 Å². The number of rotatable bonds is 5. The summed E-state index contributed by atoms with van der Waals surface area (Å²) in [4.78, 5) is 12.9. The molecule has 0 saturated heterocycles. The topological polar surface area (TPSA) is 97.4 Å². The monoisotopic (exact) mass is 413 g/mol. The fourth-order valence-corrected chi connectivity index (χ4v) is 3.36. The van der Waals surface area contributed by atoms with Gasteiger partial charge in [0.05, 0.1) is 31.2 Å². The lowest BCUT2D eigenvalue weighted by Crippen LogP contribution is -2.13. The van der Waals surface area contributed by atoms with Crippen LogP contribution in [0.2, 0.25) is 0 Å². The number of aryl methyl sites for hydroxylation is 1. The summed E-state index contributed by atoms with van der Waals surface area (Å²) in [5, 5.41) is 16.4. The minimum absolute atomic E-state index is 0.169. The number of ether oxygens (including phenoxy) is 2. The van der Waals surface area contributed by atoms with E-state index in [0.29, 0.717) is 33.7 Å². The molecule has 154 valence electrons. The Kier molecular flexibility index (Phi) is 5.29. The number of methoxy groups -OCH3 is 2. The van der Waals surface area contributed by atoms with Crippen molar-refractivity contribution in [2.75, 3.05) is 19.5 Å². The molecule has 0 radical (unpaired) electrons. The number of benzene rings is 3. The van der Waals surface area contributed by atoms with Crippen molar-refractivity contribution in [1.82, 2.24) is 5.16 Å². The third-order valence-corrected chi connectivity index (χ3v) is 5.01. The van der Waals surface area contributed by atoms with Crippen LogP contribution in [0.15, 0.2) is 59.1 Å². The van der Waals surface area contributed by atoms with Crippen LogP contribution >= 0.6 is 0 Å². The number of nitrogens with one attached hydrogen (secondary N) is 1. The van der Waals surface area contributed by atoms with Crippen molar-refractivity contribution in [1.29, 1.82) is 5.26 Å². The molecule has 1 N–H and O–H groups in total. The number of anilines is 1. The number of hydrogen-bond donors (Lipinski definition) is 1. The molecule has 3 aromatic carbocycles. The number of aromatic nitrogens is 1. The van der Waals surface area contributed by atoms with Crippen LogP contribution in [0.3, 0.4) is 0 Å². The fraction of sp³-hybridized carbons (Fsp3) is 0.125. The summed E-state index contributed by atoms with van der Waals surface area (Å²) < 4.78 is 16.2. The Morgan fingerprint density at radius 1 is 1.06 bits per heavy atom. The maximum absolute atomic E-state index is 12.9. The van der Waals surface area contributed by atoms with Crippen LogP contribution in [0, 0.1) is 18.3 Å². The highest BCUT2D eigenvalue weighted by Gasteiger charge is 2.19. The van der Waals surface area contributed by atoms with Gasteiger partial charge in [0, 0.05) is 11.3 Å². The van der Waals surface area contributed by atoms with Gasteiger partial charge in [0.1, 0.15) is 11.5 Å². The molecule has 0 aliphatic carbocycles. The summed E-state index contributed by atoms with van der Waals surface area (Å²) in [5.41, 5.74) is 4.22. The van der Waals surface area contributed by atoms with Gasteiger partial charge in [-0.1, -0.05) is 11.2 Å². The summed E-state index contributed by atoms with van der Waals surface area (Å²) >= 11 is 0. The number of carbonyl (C=O) groups excluding carboxylic acids is 1. The lowest BCUT2D eigenvalue weighted by molar-refractivity contribution is 0.102. The first kappa shape index (κ1) is 20.0. The molecule has 1 aromatic heterocycles. The van der Waals surface area contributed by atoms with Crippen molar-refractivity contribution in [2.24, 2.45) is 0 Å². The average Bonchev–Trinajstić information content (AvgIpc) is 3.23. The number of nitriles is 1. The number of fused-ring (bicyclic) bond motifs is 1. The van der Waals surface area contributed by atoms with E-state index in [1.807, 2.05) is 37.3 Å². The van der Waals surface area contributed by atoms with Crippen molar-refractivity contribution in [3.05, 3.63) is 71.4 Å². The van der Waals surface area contributed by atoms with Gasteiger partial charge in [-0.3, -0.25) is 4.79 Å². The van der Waals surface area contributed by atoms with Gasteiger partial charge in [0.2, 0.25) is 0 Å². The molecule has 1 amide bonds. The van der Waals surface area contributed by atoms with E-state index in [1.165, 1.54) is 0 Å². The second-order valence-electron chi connectivity index (χ2n) is 6.90. The molecule has 4 aromatic rings. The van der Waals surface area contributed by atoms with E-state index in [4.69, 9.17) is 19.3 Å². The maximum atomic E-state index is 12.9. The van der Waals surface area contributed by atoms with Crippen LogP contribution in [0.1, 0.15) is 21.6 Å². The number of amides is 1. The molecule has 0 aliphatic rings. The Balaban J connectivity index is 1.73. The highest BCUT2D eigenvalue weighted by atomic mass is 16.5. The Hall–Kier alpha value is -4.31. The Labute approximate surface area is 178 Å². The van der Waals surface area contributed by atoms with E-state index in [-0.39, 0.29) is 5.69 Å². The van der Waals surface area contributed by atoms with Crippen LogP contribution in [0.5, 0.6) is 11.5 Å². The van der Waals surface area contributed by atoms with Crippen molar-refractivity contribution in [3.63, 3.8) is 0 Å². The molecule has 0 unspecified atom stereocenters. The SMILES string of the molecule is COc1ccc(OC)c(-c2ccc3onc(C(=O)Nc4ccc(C#N)cc4C)c3c2)c1. The summed E-state index contributed by atoms with van der Waals surface area (Å²) in [6.45, 7) is 1.82. The lowest BCUT2D eigenvalue weighted by Gasteiger charge is -2.11. The van der Waals surface area contributed by atoms with E-state index in [0.717, 1.165) is 16.7 Å². The van der Waals surface area contributed by atoms with Gasteiger partial charge in [-0.05, 0) is 66.6 Å². The van der Waals surface area contributed by atoms with E-state index in [2.05, 4.69) is 16.5 Å². The predicted octanol–water partition coefficient (Wildman–Crippen LogP) is 4.94. The predicted molar refractivity (Wildman–Crippen MR) is 116 cm³/mol. The lowest BCUT2D eigenvalue weighted by atomic mass is 10.0. The van der Waals surface area contributed by atoms with Gasteiger partial charge in [0.25, 0.3) is 5.91 Å². The van der Waals surface area contributed by atoms with Crippen LogP contribution in [0.4, 0.5) is 5.69 Å². The second kappa shape index (κ2) is 8.20. The highest BCUT2D eigenvalue weighted by molar-refractivity contribution is 6.11. The minimum atomic E-state index is -0.402. The van der Waals surface area contributed by atoms with Gasteiger partial charge in [0.15, 0.2) is 11.3 Å². The molecular weight excluding hydrogens is 394 g/mol. The van der Waals surface area contributed by atoms with E-state index in [9.17, 15) is 4.79 Å². The van der Waals surface area contributed by atoms with Gasteiger partial charge >= 0.3 is 0 Å². The minimum Gasteiger partial charge on any atom is -0.497 e. The van der Waals surface area contributed by atoms with Gasteiger partial charge in [-0.15, -0.1) is 0 Å². The summed E-state index contributed by atoms with van der Waals surface area (Å²) in [6, 6.07) is 18.1. The number of hydrogen-bond acceptors (Lipinski definition) is 6. The smallest absolute Gasteiger partial charge is 0.278 e. The molecule has 31 heavy (non-hydrogen) atoms. The zero-order chi connectivity index (χ0) is 22.0. The second-order valence-corrected chi connectivity index (χ2v) is 6.90. The first-order valence-electron chi connectivity index (χ1n) is 9.48. The van der Waals surface area contributed by atoms with E-state index in [1.54, 1.807) is 38.5 Å². The Bertz CT molecular complexity index is 1330. The zero-order valence-electron chi connectivity index (χ0n) is 17.2. The van der Waals surface area contributed by atoms with Crippen molar-refractivity contribution in [3.8, 4) is 28.7 Å². The first-order chi connectivity index (χ1) is 15.0. The normalized spacial score (nSPS) is 10.5. The molecule has 0 spiro atoms. The average molecular weight is 413 g/mol. The third kappa shape index (κ3) is 3.79. The number of carbonyl (C=O) groups is 1. The summed E-state index contributed by atoms with van der Waals surface area (Å²) in [6.07, 6.45) is 0. The molecule has 0 aliphatic heterocycles. The molecule has 7 nitrogen and oxygen atoms in total. The molecule has 1 heterocycles. The summed E-state index contributed by atoms with van der Waals surface area (Å²) in [5.74, 6) is 0.965. The Morgan fingerprint density at radius 3 is 2.61 bits per heavy atom. The van der Waals surface area contributed by atoms with Crippen LogP contribution < -0.4 is 14.8 Å². The quantitative estimate of drug-likeness (QED) is 0.497. The molecule has 0 atom stereocenters. The third-order valence-electron chi connectivity index (χ3n) is 5.01. The molecule has 0 fully saturated rings. The number of nitrogens with zero attached hydrogens (tertiary/aromatic N) is 2. The molecule has 0 bridgehead atoms. The molecular formula is C24H19N3O4. The Morgan fingerprint density at radius 2 is 1.90 bits per heavy atom. The summed E-state index contributed by atoms with van der Waals surface area (Å²) in [7, 11) is 3.20. The molecule has 0 saturated carbocycles. The largest absolute Gasteiger partial charge is 0.497 e. The standard InChI is InChI=1S/C24H19N3O4/c1-14-10-15(13-25)4-7-20(14)26-24(28)23-19-11-16(5-8-22(19)31-27-23)18-12-17(29-2)6-9-21(18)30-3/h4-12H,1-3H3,(H,26,28). The van der Waals surface area contributed by atoms with Crippen molar-refractivity contribution in [2.45, 2.75) is 6.92 Å². The molecule has 7 heteroatoms. The molecule has 4 rings (SSSR count). The van der Waals surface area contributed by atoms with Crippen LogP contribution in [0.25, 0.3) is 22.1 Å². The van der Waals surface area contributed by atoms with Crippen LogP contribution in [-0.2, 0) is 0 Å². The van der Waals surface area contributed by atoms with Crippen molar-refractivity contribution < 1.29 is 18.8 Å². The van der Waals surface area contributed by atoms with Gasteiger partial charge in [-0.25, -0.2) is 0 Å². The van der Waals surface area contributed by atoms with E-state index >= 15 is 0 Å². The first-order valence-corrected chi connectivity index (χ1v) is 9.48. The highest BCUT2D eigenvalue weighted by Crippen LogP contribution is 2.35. The maximum Gasteiger partial charge on any atom is 0.278 e. The van der Waals surface area contributed by atoms with Gasteiger partial charge < -0.3 is 19.3 Å². The van der Waals surface area contributed by atoms with E-state index < -0.39 is 5.91 Å². The van der Waals surface area contributed by atoms with Gasteiger partial charge in [-0.2, -0.15) is 5.26 Å².